The van der Waals surface area contributed by atoms with Gasteiger partial charge in [-0.25, -0.2) is 0 Å². The number of nitrogens with zero attached hydrogens (tertiary/aromatic N) is 2. The van der Waals surface area contributed by atoms with E-state index < -0.39 is 0 Å². The SMILES string of the molecule is CCCCN(CC)c1ccc(/C=N/NC(=S)Nc2ccc(OC)cc2)cc1. The first kappa shape index (κ1) is 20.7. The molecule has 0 bridgehead atoms. The molecule has 2 N–H and O–H groups in total. The lowest BCUT2D eigenvalue weighted by molar-refractivity contribution is 0.415. The zero-order valence-electron chi connectivity index (χ0n) is 16.2. The van der Waals surface area contributed by atoms with E-state index in [1.807, 2.05) is 24.3 Å². The minimum atomic E-state index is 0.435. The molecule has 0 amide bonds. The minimum absolute atomic E-state index is 0.435. The highest BCUT2D eigenvalue weighted by molar-refractivity contribution is 7.80. The van der Waals surface area contributed by atoms with Crippen molar-refractivity contribution in [1.82, 2.24) is 5.43 Å². The van der Waals surface area contributed by atoms with Gasteiger partial charge < -0.3 is 15.0 Å². The molecule has 0 radical (unpaired) electrons. The van der Waals surface area contributed by atoms with E-state index in [0.29, 0.717) is 5.11 Å². The van der Waals surface area contributed by atoms with E-state index in [9.17, 15) is 0 Å². The largest absolute Gasteiger partial charge is 0.497 e. The van der Waals surface area contributed by atoms with Crippen LogP contribution in [-0.2, 0) is 0 Å². The number of benzene rings is 2. The van der Waals surface area contributed by atoms with E-state index in [-0.39, 0.29) is 0 Å². The van der Waals surface area contributed by atoms with Crippen molar-refractivity contribution in [3.8, 4) is 5.75 Å². The molecule has 0 saturated heterocycles. The summed E-state index contributed by atoms with van der Waals surface area (Å²) in [7, 11) is 1.64. The van der Waals surface area contributed by atoms with Gasteiger partial charge in [-0.1, -0.05) is 25.5 Å². The van der Waals surface area contributed by atoms with E-state index in [1.165, 1.54) is 18.5 Å². The Kier molecular flexibility index (Phi) is 8.58. The van der Waals surface area contributed by atoms with Crippen LogP contribution < -0.4 is 20.4 Å². The first-order valence-corrected chi connectivity index (χ1v) is 9.66. The Morgan fingerprint density at radius 3 is 2.41 bits per heavy atom. The summed E-state index contributed by atoms with van der Waals surface area (Å²) in [6.07, 6.45) is 4.17. The number of unbranched alkanes of at least 4 members (excludes halogenated alkanes) is 1. The predicted octanol–water partition coefficient (Wildman–Crippen LogP) is 4.64. The van der Waals surface area contributed by atoms with Crippen LogP contribution in [0.1, 0.15) is 32.3 Å². The summed E-state index contributed by atoms with van der Waals surface area (Å²) in [6, 6.07) is 15.9. The van der Waals surface area contributed by atoms with Crippen LogP contribution >= 0.6 is 12.2 Å². The number of hydrogen-bond donors (Lipinski definition) is 2. The summed E-state index contributed by atoms with van der Waals surface area (Å²) in [6.45, 7) is 6.51. The maximum absolute atomic E-state index is 5.25. The maximum atomic E-state index is 5.25. The Morgan fingerprint density at radius 2 is 1.81 bits per heavy atom. The van der Waals surface area contributed by atoms with Crippen molar-refractivity contribution in [2.75, 3.05) is 30.4 Å². The number of ether oxygens (including phenoxy) is 1. The molecule has 0 heterocycles. The van der Waals surface area contributed by atoms with Crippen LogP contribution in [-0.4, -0.2) is 31.5 Å². The highest BCUT2D eigenvalue weighted by Gasteiger charge is 2.03. The van der Waals surface area contributed by atoms with Gasteiger partial charge in [0.15, 0.2) is 5.11 Å². The summed E-state index contributed by atoms with van der Waals surface area (Å²) >= 11 is 5.25. The standard InChI is InChI=1S/C21H28N4OS/c1-4-6-15-25(5-2)19-11-7-17(8-12-19)16-22-24-21(27)23-18-9-13-20(26-3)14-10-18/h7-14,16H,4-6,15H2,1-3H3,(H2,23,24,27)/b22-16+. The van der Waals surface area contributed by atoms with Crippen LogP contribution in [0.2, 0.25) is 0 Å². The second-order valence-corrected chi connectivity index (χ2v) is 6.49. The molecule has 2 aromatic rings. The van der Waals surface area contributed by atoms with Crippen LogP contribution in [0.3, 0.4) is 0 Å². The predicted molar refractivity (Wildman–Crippen MR) is 119 cm³/mol. The molecule has 6 heteroatoms. The van der Waals surface area contributed by atoms with Crippen molar-refractivity contribution in [2.45, 2.75) is 26.7 Å². The Balaban J connectivity index is 1.85. The van der Waals surface area contributed by atoms with Gasteiger partial charge in [0.2, 0.25) is 0 Å². The van der Waals surface area contributed by atoms with E-state index in [0.717, 1.165) is 30.1 Å². The van der Waals surface area contributed by atoms with Crippen molar-refractivity contribution in [3.63, 3.8) is 0 Å². The third-order valence-electron chi connectivity index (χ3n) is 4.15. The minimum Gasteiger partial charge on any atom is -0.497 e. The molecule has 0 spiro atoms. The van der Waals surface area contributed by atoms with E-state index in [2.05, 4.69) is 58.9 Å². The van der Waals surface area contributed by atoms with Crippen molar-refractivity contribution in [3.05, 3.63) is 54.1 Å². The van der Waals surface area contributed by atoms with Crippen LogP contribution in [0.5, 0.6) is 5.75 Å². The average molecular weight is 385 g/mol. The number of rotatable bonds is 9. The lowest BCUT2D eigenvalue weighted by Crippen LogP contribution is -2.24. The Bertz CT molecular complexity index is 729. The lowest BCUT2D eigenvalue weighted by atomic mass is 10.2. The Labute approximate surface area is 167 Å². The molecule has 0 aliphatic heterocycles. The maximum Gasteiger partial charge on any atom is 0.191 e. The van der Waals surface area contributed by atoms with E-state index in [4.69, 9.17) is 17.0 Å². The molecule has 27 heavy (non-hydrogen) atoms. The molecule has 0 aromatic heterocycles. The number of nitrogens with one attached hydrogen (secondary N) is 2. The first-order valence-electron chi connectivity index (χ1n) is 9.25. The highest BCUT2D eigenvalue weighted by Crippen LogP contribution is 2.16. The smallest absolute Gasteiger partial charge is 0.191 e. The summed E-state index contributed by atoms with van der Waals surface area (Å²) in [5.41, 5.74) is 5.97. The molecular weight excluding hydrogens is 356 g/mol. The number of methoxy groups -OCH3 is 1. The van der Waals surface area contributed by atoms with E-state index in [1.54, 1.807) is 13.3 Å². The van der Waals surface area contributed by atoms with Crippen LogP contribution in [0, 0.1) is 0 Å². The second kappa shape index (κ2) is 11.2. The summed E-state index contributed by atoms with van der Waals surface area (Å²) < 4.78 is 5.13. The number of thiocarbonyl (C=S) groups is 1. The quantitative estimate of drug-likeness (QED) is 0.375. The molecule has 0 aliphatic rings. The summed E-state index contributed by atoms with van der Waals surface area (Å²) in [5.74, 6) is 0.803. The summed E-state index contributed by atoms with van der Waals surface area (Å²) in [4.78, 5) is 2.39. The van der Waals surface area contributed by atoms with Gasteiger partial charge in [0.05, 0.1) is 13.3 Å². The van der Waals surface area contributed by atoms with Crippen LogP contribution in [0.25, 0.3) is 0 Å². The van der Waals surface area contributed by atoms with Crippen LogP contribution in [0.4, 0.5) is 11.4 Å². The van der Waals surface area contributed by atoms with Crippen LogP contribution in [0.15, 0.2) is 53.6 Å². The van der Waals surface area contributed by atoms with Gasteiger partial charge >= 0.3 is 0 Å². The van der Waals surface area contributed by atoms with Crippen molar-refractivity contribution in [1.29, 1.82) is 0 Å². The number of hydrogen-bond acceptors (Lipinski definition) is 4. The van der Waals surface area contributed by atoms with Crippen molar-refractivity contribution >= 4 is 34.9 Å². The molecule has 2 rings (SSSR count). The topological polar surface area (TPSA) is 48.9 Å². The van der Waals surface area contributed by atoms with Gasteiger partial charge in [-0.2, -0.15) is 5.10 Å². The molecule has 0 saturated carbocycles. The molecule has 2 aromatic carbocycles. The average Bonchev–Trinajstić information content (AvgIpc) is 2.70. The van der Waals surface area contributed by atoms with Crippen molar-refractivity contribution in [2.24, 2.45) is 5.10 Å². The third-order valence-corrected chi connectivity index (χ3v) is 4.34. The molecule has 144 valence electrons. The first-order chi connectivity index (χ1) is 13.2. The zero-order valence-corrected chi connectivity index (χ0v) is 17.1. The van der Waals surface area contributed by atoms with E-state index >= 15 is 0 Å². The van der Waals surface area contributed by atoms with Gasteiger partial charge in [0.1, 0.15) is 5.75 Å². The lowest BCUT2D eigenvalue weighted by Gasteiger charge is -2.22. The molecule has 0 unspecified atom stereocenters. The molecule has 0 aliphatic carbocycles. The Morgan fingerprint density at radius 1 is 1.11 bits per heavy atom. The Hall–Kier alpha value is -2.60. The fraction of sp³-hybridized carbons (Fsp3) is 0.333. The molecule has 5 nitrogen and oxygen atoms in total. The number of hydrazone groups is 1. The molecule has 0 atom stereocenters. The fourth-order valence-electron chi connectivity index (χ4n) is 2.59. The van der Waals surface area contributed by atoms with Gasteiger partial charge in [-0.05, 0) is 67.5 Å². The van der Waals surface area contributed by atoms with Gasteiger partial charge in [0, 0.05) is 24.5 Å². The molecule has 0 fully saturated rings. The summed E-state index contributed by atoms with van der Waals surface area (Å²) in [5, 5.41) is 7.71. The third kappa shape index (κ3) is 6.90. The molecular formula is C21H28N4OS. The van der Waals surface area contributed by atoms with Crippen molar-refractivity contribution < 1.29 is 4.74 Å². The van der Waals surface area contributed by atoms with Gasteiger partial charge in [-0.3, -0.25) is 5.43 Å². The highest BCUT2D eigenvalue weighted by atomic mass is 32.1. The second-order valence-electron chi connectivity index (χ2n) is 6.08. The zero-order chi connectivity index (χ0) is 19.5. The number of anilines is 2. The normalized spacial score (nSPS) is 10.6. The van der Waals surface area contributed by atoms with Gasteiger partial charge in [-0.15, -0.1) is 0 Å². The fourth-order valence-corrected chi connectivity index (χ4v) is 2.76. The van der Waals surface area contributed by atoms with Gasteiger partial charge in [0.25, 0.3) is 0 Å². The monoisotopic (exact) mass is 384 g/mol.